The lowest BCUT2D eigenvalue weighted by Gasteiger charge is -2.09. The topological polar surface area (TPSA) is 71.1 Å². The van der Waals surface area contributed by atoms with Gasteiger partial charge in [-0.2, -0.15) is 8.42 Å². The summed E-state index contributed by atoms with van der Waals surface area (Å²) in [6.45, 7) is 0. The van der Waals surface area contributed by atoms with Crippen molar-refractivity contribution in [1.82, 2.24) is 4.98 Å². The third-order valence-corrected chi connectivity index (χ3v) is 4.40. The smallest absolute Gasteiger partial charge is 0.264 e. The molecule has 0 radical (unpaired) electrons. The lowest BCUT2D eigenvalue weighted by atomic mass is 10.00. The van der Waals surface area contributed by atoms with Crippen LogP contribution in [0.3, 0.4) is 0 Å². The monoisotopic (exact) mass is 297 g/mol. The number of pyridine rings is 1. The number of fused-ring (bicyclic) bond motifs is 3. The Kier molecular flexibility index (Phi) is 2.43. The molecule has 0 amide bonds. The Morgan fingerprint density at radius 3 is 2.48 bits per heavy atom. The van der Waals surface area contributed by atoms with Crippen molar-refractivity contribution in [2.24, 2.45) is 0 Å². The van der Waals surface area contributed by atoms with Crippen molar-refractivity contribution in [3.05, 3.63) is 54.7 Å². The van der Waals surface area contributed by atoms with E-state index >= 15 is 0 Å². The molecular weight excluding hydrogens is 286 g/mol. The van der Waals surface area contributed by atoms with Crippen LogP contribution in [0.25, 0.3) is 22.0 Å². The van der Waals surface area contributed by atoms with Crippen LogP contribution in [0.5, 0.6) is 0 Å². The first-order valence-electron chi connectivity index (χ1n) is 6.42. The van der Waals surface area contributed by atoms with E-state index in [1.165, 1.54) is 0 Å². The van der Waals surface area contributed by atoms with Gasteiger partial charge in [-0.15, -0.1) is 0 Å². The number of nitrogens with zero attached hydrogens (tertiary/aromatic N) is 1. The number of hydrogen-bond donors (Lipinski definition) is 2. The van der Waals surface area contributed by atoms with Crippen LogP contribution in [0.2, 0.25) is 0 Å². The van der Waals surface area contributed by atoms with Crippen LogP contribution >= 0.6 is 0 Å². The van der Waals surface area contributed by atoms with E-state index in [9.17, 15) is 8.42 Å². The molecular formula is C15H11N3O2S. The van der Waals surface area contributed by atoms with Crippen molar-refractivity contribution < 1.29 is 8.42 Å². The molecule has 0 aliphatic carbocycles. The molecule has 1 aromatic heterocycles. The largest absolute Gasteiger partial charge is 0.321 e. The van der Waals surface area contributed by atoms with Crippen LogP contribution in [0.15, 0.2) is 54.7 Å². The van der Waals surface area contributed by atoms with E-state index in [4.69, 9.17) is 0 Å². The SMILES string of the molecule is O=S1(=O)Nc2c(-c3ccccc3)cc3cccnc3c2N1. The minimum atomic E-state index is -3.57. The van der Waals surface area contributed by atoms with Gasteiger partial charge in [-0.1, -0.05) is 36.4 Å². The van der Waals surface area contributed by atoms with Crippen LogP contribution in [0, 0.1) is 0 Å². The van der Waals surface area contributed by atoms with Crippen molar-refractivity contribution in [1.29, 1.82) is 0 Å². The molecule has 1 aliphatic heterocycles. The van der Waals surface area contributed by atoms with Gasteiger partial charge in [-0.3, -0.25) is 14.4 Å². The van der Waals surface area contributed by atoms with Gasteiger partial charge >= 0.3 is 10.2 Å². The summed E-state index contributed by atoms with van der Waals surface area (Å²) in [5, 5.41) is 0.890. The molecule has 5 nitrogen and oxygen atoms in total. The highest BCUT2D eigenvalue weighted by Crippen LogP contribution is 2.43. The van der Waals surface area contributed by atoms with Crippen molar-refractivity contribution in [3.8, 4) is 11.1 Å². The lowest BCUT2D eigenvalue weighted by Crippen LogP contribution is -2.13. The third kappa shape index (κ3) is 1.92. The molecule has 104 valence electrons. The molecule has 3 aromatic rings. The predicted molar refractivity (Wildman–Crippen MR) is 83.3 cm³/mol. The Morgan fingerprint density at radius 1 is 0.905 bits per heavy atom. The number of aromatic nitrogens is 1. The Labute approximate surface area is 121 Å². The fraction of sp³-hybridized carbons (Fsp3) is 0. The lowest BCUT2D eigenvalue weighted by molar-refractivity contribution is 0.607. The van der Waals surface area contributed by atoms with Crippen LogP contribution in [0.1, 0.15) is 0 Å². The molecule has 21 heavy (non-hydrogen) atoms. The second-order valence-electron chi connectivity index (χ2n) is 4.82. The van der Waals surface area contributed by atoms with Crippen molar-refractivity contribution >= 4 is 32.5 Å². The summed E-state index contributed by atoms with van der Waals surface area (Å²) in [5.41, 5.74) is 3.48. The van der Waals surface area contributed by atoms with Crippen LogP contribution < -0.4 is 9.44 Å². The molecule has 0 saturated heterocycles. The second-order valence-corrected chi connectivity index (χ2v) is 6.24. The Morgan fingerprint density at radius 2 is 1.67 bits per heavy atom. The second kappa shape index (κ2) is 4.20. The highest BCUT2D eigenvalue weighted by atomic mass is 32.2. The van der Waals surface area contributed by atoms with Crippen LogP contribution in [-0.4, -0.2) is 13.4 Å². The zero-order valence-corrected chi connectivity index (χ0v) is 11.7. The van der Waals surface area contributed by atoms with Gasteiger partial charge in [0, 0.05) is 17.1 Å². The Hall–Kier alpha value is -2.60. The molecule has 6 heteroatoms. The first-order chi connectivity index (χ1) is 10.1. The zero-order valence-electron chi connectivity index (χ0n) is 10.9. The zero-order chi connectivity index (χ0) is 14.4. The molecule has 2 N–H and O–H groups in total. The fourth-order valence-electron chi connectivity index (χ4n) is 2.57. The van der Waals surface area contributed by atoms with Gasteiger partial charge in [0.05, 0.1) is 11.2 Å². The van der Waals surface area contributed by atoms with Crippen molar-refractivity contribution in [2.75, 3.05) is 9.44 Å². The Balaban J connectivity index is 2.10. The molecule has 4 rings (SSSR count). The number of nitrogens with one attached hydrogen (secondary N) is 2. The van der Waals surface area contributed by atoms with Gasteiger partial charge in [0.25, 0.3) is 0 Å². The standard InChI is InChI=1S/C15H11N3O2S/c19-21(20)17-14-12(10-5-2-1-3-6-10)9-11-7-4-8-16-13(11)15(14)18-21/h1-9,17-18H. The highest BCUT2D eigenvalue weighted by molar-refractivity contribution is 7.94. The number of hydrogen-bond acceptors (Lipinski definition) is 3. The highest BCUT2D eigenvalue weighted by Gasteiger charge is 2.28. The molecule has 2 aromatic carbocycles. The summed E-state index contributed by atoms with van der Waals surface area (Å²) in [5.74, 6) is 0. The van der Waals surface area contributed by atoms with Gasteiger partial charge in [0.15, 0.2) is 0 Å². The molecule has 1 aliphatic rings. The van der Waals surface area contributed by atoms with E-state index in [1.54, 1.807) is 6.20 Å². The fourth-order valence-corrected chi connectivity index (χ4v) is 3.57. The maximum absolute atomic E-state index is 11.9. The minimum Gasteiger partial charge on any atom is -0.264 e. The molecule has 0 unspecified atom stereocenters. The van der Waals surface area contributed by atoms with E-state index in [0.717, 1.165) is 16.5 Å². The maximum atomic E-state index is 11.9. The van der Waals surface area contributed by atoms with Crippen molar-refractivity contribution in [3.63, 3.8) is 0 Å². The number of anilines is 2. The van der Waals surface area contributed by atoms with Crippen LogP contribution in [-0.2, 0) is 10.2 Å². The number of rotatable bonds is 1. The molecule has 2 heterocycles. The first kappa shape index (κ1) is 12.2. The normalized spacial score (nSPS) is 15.2. The van der Waals surface area contributed by atoms with E-state index in [2.05, 4.69) is 14.4 Å². The molecule has 0 spiro atoms. The van der Waals surface area contributed by atoms with Gasteiger partial charge in [-0.05, 0) is 17.7 Å². The van der Waals surface area contributed by atoms with Gasteiger partial charge < -0.3 is 0 Å². The predicted octanol–water partition coefficient (Wildman–Crippen LogP) is 2.98. The summed E-state index contributed by atoms with van der Waals surface area (Å²) < 4.78 is 28.8. The molecule has 0 fully saturated rings. The van der Waals surface area contributed by atoms with E-state index in [0.29, 0.717) is 16.9 Å². The van der Waals surface area contributed by atoms with E-state index in [1.807, 2.05) is 48.5 Å². The van der Waals surface area contributed by atoms with E-state index < -0.39 is 10.2 Å². The summed E-state index contributed by atoms with van der Waals surface area (Å²) in [7, 11) is -3.57. The first-order valence-corrected chi connectivity index (χ1v) is 7.90. The van der Waals surface area contributed by atoms with Gasteiger partial charge in [-0.25, -0.2) is 0 Å². The summed E-state index contributed by atoms with van der Waals surface area (Å²) >= 11 is 0. The summed E-state index contributed by atoms with van der Waals surface area (Å²) in [4.78, 5) is 4.29. The average Bonchev–Trinajstić information content (AvgIpc) is 2.83. The number of benzene rings is 2. The third-order valence-electron chi connectivity index (χ3n) is 3.45. The summed E-state index contributed by atoms with van der Waals surface area (Å²) in [6, 6.07) is 15.4. The van der Waals surface area contributed by atoms with Crippen LogP contribution in [0.4, 0.5) is 11.4 Å². The quantitative estimate of drug-likeness (QED) is 0.725. The Bertz CT molecular complexity index is 953. The maximum Gasteiger partial charge on any atom is 0.321 e. The average molecular weight is 297 g/mol. The molecule has 0 saturated carbocycles. The van der Waals surface area contributed by atoms with Crippen molar-refractivity contribution in [2.45, 2.75) is 0 Å². The minimum absolute atomic E-state index is 0.506. The molecule has 0 atom stereocenters. The van der Waals surface area contributed by atoms with Gasteiger partial charge in [0.1, 0.15) is 5.69 Å². The van der Waals surface area contributed by atoms with Gasteiger partial charge in [0.2, 0.25) is 0 Å². The van der Waals surface area contributed by atoms with E-state index in [-0.39, 0.29) is 0 Å². The molecule has 0 bridgehead atoms. The summed E-state index contributed by atoms with van der Waals surface area (Å²) in [6.07, 6.45) is 1.65.